The van der Waals surface area contributed by atoms with Crippen LogP contribution >= 0.6 is 22.7 Å². The standard InChI is InChI=1S/C34H42N4O2S2/c1-7-17-37-31-25(5)19-23(3)21-27(31)41-33(37)35-29(39)15-13-11-9-10-12-14-16-30(40)36-34-38(18-8-2)32-26(6)20-24(4)22-28(32)42-34/h7-8,19-22H,1-2,9-18H2,3-6H3. The van der Waals surface area contributed by atoms with E-state index in [0.717, 1.165) is 68.6 Å². The molecule has 0 saturated carbocycles. The molecule has 2 aromatic heterocycles. The maximum absolute atomic E-state index is 12.7. The molecule has 222 valence electrons. The van der Waals surface area contributed by atoms with Crippen molar-refractivity contribution in [2.75, 3.05) is 0 Å². The van der Waals surface area contributed by atoms with Crippen molar-refractivity contribution in [1.82, 2.24) is 9.13 Å². The van der Waals surface area contributed by atoms with Gasteiger partial charge >= 0.3 is 0 Å². The van der Waals surface area contributed by atoms with Crippen molar-refractivity contribution >= 4 is 54.9 Å². The molecule has 4 rings (SSSR count). The quantitative estimate of drug-likeness (QED) is 0.115. The monoisotopic (exact) mass is 602 g/mol. The van der Waals surface area contributed by atoms with Gasteiger partial charge in [0.05, 0.1) is 20.4 Å². The molecule has 0 saturated heterocycles. The number of carbonyl (C=O) groups excluding carboxylic acids is 2. The molecule has 0 aliphatic rings. The van der Waals surface area contributed by atoms with Gasteiger partial charge in [-0.2, -0.15) is 9.98 Å². The Bertz CT molecular complexity index is 1630. The minimum atomic E-state index is -0.0683. The first-order chi connectivity index (χ1) is 20.2. The average molecular weight is 603 g/mol. The van der Waals surface area contributed by atoms with Crippen LogP contribution in [0.5, 0.6) is 0 Å². The molecule has 0 spiro atoms. The highest BCUT2D eigenvalue weighted by Gasteiger charge is 2.12. The third-order valence-electron chi connectivity index (χ3n) is 7.32. The zero-order valence-electron chi connectivity index (χ0n) is 25.4. The van der Waals surface area contributed by atoms with Crippen molar-refractivity contribution in [2.24, 2.45) is 9.98 Å². The number of benzene rings is 2. The van der Waals surface area contributed by atoms with Crippen molar-refractivity contribution in [3.63, 3.8) is 0 Å². The van der Waals surface area contributed by atoms with Crippen LogP contribution in [0.1, 0.15) is 73.6 Å². The van der Waals surface area contributed by atoms with Crippen molar-refractivity contribution in [3.8, 4) is 0 Å². The van der Waals surface area contributed by atoms with Gasteiger partial charge in [0.25, 0.3) is 0 Å². The normalized spacial score (nSPS) is 12.5. The number of thiazole rings is 2. The summed E-state index contributed by atoms with van der Waals surface area (Å²) in [5.41, 5.74) is 7.06. The van der Waals surface area contributed by atoms with Crippen molar-refractivity contribution in [2.45, 2.75) is 92.2 Å². The number of amides is 2. The van der Waals surface area contributed by atoms with Gasteiger partial charge in [0, 0.05) is 25.9 Å². The molecule has 0 bridgehead atoms. The lowest BCUT2D eigenvalue weighted by Crippen LogP contribution is -2.16. The smallest absolute Gasteiger partial charge is 0.248 e. The molecule has 8 heteroatoms. The average Bonchev–Trinajstić information content (AvgIpc) is 3.43. The number of allylic oxidation sites excluding steroid dienone is 2. The van der Waals surface area contributed by atoms with Crippen molar-refractivity contribution < 1.29 is 9.59 Å². The van der Waals surface area contributed by atoms with Gasteiger partial charge in [-0.15, -0.1) is 13.2 Å². The summed E-state index contributed by atoms with van der Waals surface area (Å²) in [7, 11) is 0. The van der Waals surface area contributed by atoms with Gasteiger partial charge in [0.2, 0.25) is 11.8 Å². The Morgan fingerprint density at radius 1 is 0.667 bits per heavy atom. The van der Waals surface area contributed by atoms with E-state index in [1.807, 2.05) is 12.2 Å². The highest BCUT2D eigenvalue weighted by molar-refractivity contribution is 7.16. The zero-order valence-corrected chi connectivity index (χ0v) is 27.0. The minimum absolute atomic E-state index is 0.0683. The lowest BCUT2D eigenvalue weighted by molar-refractivity contribution is -0.119. The summed E-state index contributed by atoms with van der Waals surface area (Å²) in [5.74, 6) is -0.137. The highest BCUT2D eigenvalue weighted by Crippen LogP contribution is 2.24. The van der Waals surface area contributed by atoms with Crippen molar-refractivity contribution in [3.05, 3.63) is 81.4 Å². The van der Waals surface area contributed by atoms with E-state index in [-0.39, 0.29) is 11.8 Å². The Morgan fingerprint density at radius 3 is 1.43 bits per heavy atom. The summed E-state index contributed by atoms with van der Waals surface area (Å²) in [5, 5.41) is 0. The topological polar surface area (TPSA) is 68.7 Å². The van der Waals surface area contributed by atoms with Gasteiger partial charge in [0.1, 0.15) is 0 Å². The Labute approximate surface area is 256 Å². The molecule has 0 fully saturated rings. The molecular weight excluding hydrogens is 561 g/mol. The number of hydrogen-bond acceptors (Lipinski definition) is 4. The molecule has 2 aromatic carbocycles. The van der Waals surface area contributed by atoms with E-state index in [9.17, 15) is 9.59 Å². The van der Waals surface area contributed by atoms with E-state index >= 15 is 0 Å². The predicted octanol–water partition coefficient (Wildman–Crippen LogP) is 8.00. The number of aryl methyl sites for hydroxylation is 4. The van der Waals surface area contributed by atoms with E-state index < -0.39 is 0 Å². The molecule has 0 N–H and O–H groups in total. The molecule has 4 aromatic rings. The predicted molar refractivity (Wildman–Crippen MR) is 177 cm³/mol. The summed E-state index contributed by atoms with van der Waals surface area (Å²) in [6, 6.07) is 8.64. The molecule has 2 heterocycles. The number of unbranched alkanes of at least 4 members (excludes halogenated alkanes) is 5. The summed E-state index contributed by atoms with van der Waals surface area (Å²) in [6.07, 6.45) is 10.3. The SMILES string of the molecule is C=CCn1c(=NC(=O)CCCCCCCCC(=O)N=c2sc3cc(C)cc(C)c3n2CC=C)sc2cc(C)cc(C)c21. The van der Waals surface area contributed by atoms with Gasteiger partial charge < -0.3 is 9.13 Å². The van der Waals surface area contributed by atoms with Crippen molar-refractivity contribution in [1.29, 1.82) is 0 Å². The fourth-order valence-corrected chi connectivity index (χ4v) is 8.00. The lowest BCUT2D eigenvalue weighted by Gasteiger charge is -2.05. The number of rotatable bonds is 13. The molecule has 0 radical (unpaired) electrons. The first-order valence-corrected chi connectivity index (χ1v) is 16.4. The van der Waals surface area contributed by atoms with Crippen LogP contribution in [-0.4, -0.2) is 20.9 Å². The second-order valence-electron chi connectivity index (χ2n) is 11.1. The summed E-state index contributed by atoms with van der Waals surface area (Å²) in [4.78, 5) is 35.7. The Hall–Kier alpha value is -3.36. The molecule has 2 amide bonds. The van der Waals surface area contributed by atoms with Crippen LogP contribution in [0.25, 0.3) is 20.4 Å². The molecular formula is C34H42N4O2S2. The van der Waals surface area contributed by atoms with E-state index in [2.05, 4.69) is 84.2 Å². The Morgan fingerprint density at radius 2 is 1.05 bits per heavy atom. The van der Waals surface area contributed by atoms with E-state index in [4.69, 9.17) is 0 Å². The number of carbonyl (C=O) groups is 2. The third-order valence-corrected chi connectivity index (χ3v) is 9.37. The number of hydrogen-bond donors (Lipinski definition) is 0. The van der Waals surface area contributed by atoms with Crippen LogP contribution in [-0.2, 0) is 22.7 Å². The third kappa shape index (κ3) is 7.72. The second kappa shape index (κ2) is 14.7. The minimum Gasteiger partial charge on any atom is -0.312 e. The van der Waals surface area contributed by atoms with Gasteiger partial charge in [-0.25, -0.2) is 0 Å². The lowest BCUT2D eigenvalue weighted by atomic mass is 10.1. The molecule has 0 unspecified atom stereocenters. The Balaban J connectivity index is 1.23. The summed E-state index contributed by atoms with van der Waals surface area (Å²) >= 11 is 3.14. The zero-order chi connectivity index (χ0) is 30.2. The summed E-state index contributed by atoms with van der Waals surface area (Å²) in [6.45, 7) is 17.4. The van der Waals surface area contributed by atoms with Crippen LogP contribution in [0.2, 0.25) is 0 Å². The van der Waals surface area contributed by atoms with Gasteiger partial charge in [-0.3, -0.25) is 9.59 Å². The van der Waals surface area contributed by atoms with E-state index in [0.29, 0.717) is 25.9 Å². The van der Waals surface area contributed by atoms with Crippen LogP contribution in [0, 0.1) is 27.7 Å². The van der Waals surface area contributed by atoms with Gasteiger partial charge in [-0.1, -0.05) is 72.6 Å². The highest BCUT2D eigenvalue weighted by atomic mass is 32.1. The van der Waals surface area contributed by atoms with Gasteiger partial charge in [0.15, 0.2) is 9.60 Å². The van der Waals surface area contributed by atoms with Crippen LogP contribution in [0.4, 0.5) is 0 Å². The van der Waals surface area contributed by atoms with E-state index in [1.54, 1.807) is 22.7 Å². The summed E-state index contributed by atoms with van der Waals surface area (Å²) < 4.78 is 6.48. The fraction of sp³-hybridized carbons (Fsp3) is 0.412. The first kappa shape index (κ1) is 31.6. The van der Waals surface area contributed by atoms with Crippen LogP contribution in [0.15, 0.2) is 59.6 Å². The molecule has 0 aliphatic heterocycles. The first-order valence-electron chi connectivity index (χ1n) is 14.8. The number of fused-ring (bicyclic) bond motifs is 2. The number of aromatic nitrogens is 2. The van der Waals surface area contributed by atoms with E-state index in [1.165, 1.54) is 22.3 Å². The fourth-order valence-electron chi connectivity index (χ4n) is 5.54. The largest absolute Gasteiger partial charge is 0.312 e. The van der Waals surface area contributed by atoms with Crippen LogP contribution in [0.3, 0.4) is 0 Å². The molecule has 42 heavy (non-hydrogen) atoms. The second-order valence-corrected chi connectivity index (χ2v) is 13.1. The molecule has 0 atom stereocenters. The molecule has 6 nitrogen and oxygen atoms in total. The maximum Gasteiger partial charge on any atom is 0.248 e. The van der Waals surface area contributed by atoms with Gasteiger partial charge in [-0.05, 0) is 74.9 Å². The number of nitrogens with zero attached hydrogens (tertiary/aromatic N) is 4. The maximum atomic E-state index is 12.7. The molecule has 0 aliphatic carbocycles. The Kier molecular flexibility index (Phi) is 11.0. The van der Waals surface area contributed by atoms with Crippen LogP contribution < -0.4 is 9.60 Å².